The molecule has 0 saturated carbocycles. The molecule has 1 unspecified atom stereocenters. The Labute approximate surface area is 107 Å². The number of rotatable bonds is 5. The lowest BCUT2D eigenvalue weighted by Gasteiger charge is -2.09. The van der Waals surface area contributed by atoms with Gasteiger partial charge in [-0.05, 0) is 12.5 Å². The van der Waals surface area contributed by atoms with Crippen LogP contribution in [-0.2, 0) is 4.79 Å². The van der Waals surface area contributed by atoms with Crippen LogP contribution < -0.4 is 5.32 Å². The van der Waals surface area contributed by atoms with Gasteiger partial charge >= 0.3 is 5.97 Å². The molecule has 8 nitrogen and oxygen atoms in total. The summed E-state index contributed by atoms with van der Waals surface area (Å²) in [7, 11) is 0. The molecule has 0 aromatic heterocycles. The average molecular weight is 268 g/mol. The van der Waals surface area contributed by atoms with Crippen LogP contribution in [0.15, 0.2) is 18.2 Å². The number of nitro groups is 1. The molecule has 0 aliphatic rings. The molecule has 0 saturated heterocycles. The highest BCUT2D eigenvalue weighted by Crippen LogP contribution is 2.21. The van der Waals surface area contributed by atoms with E-state index in [2.05, 4.69) is 5.32 Å². The maximum absolute atomic E-state index is 11.8. The predicted octanol–water partition coefficient (Wildman–Crippen LogP) is 0.0785. The lowest BCUT2D eigenvalue weighted by atomic mass is 10.1. The van der Waals surface area contributed by atoms with Crippen molar-refractivity contribution in [2.75, 3.05) is 6.54 Å². The molecule has 0 aliphatic carbocycles. The second kappa shape index (κ2) is 5.91. The summed E-state index contributed by atoms with van der Waals surface area (Å²) in [5.74, 6) is -2.29. The van der Waals surface area contributed by atoms with Crippen LogP contribution in [0.4, 0.5) is 5.69 Å². The van der Waals surface area contributed by atoms with Crippen molar-refractivity contribution < 1.29 is 24.7 Å². The van der Waals surface area contributed by atoms with Gasteiger partial charge in [0.15, 0.2) is 6.10 Å². The van der Waals surface area contributed by atoms with E-state index in [0.717, 1.165) is 0 Å². The first-order valence-corrected chi connectivity index (χ1v) is 5.27. The highest BCUT2D eigenvalue weighted by molar-refractivity contribution is 5.99. The Kier molecular flexibility index (Phi) is 4.54. The van der Waals surface area contributed by atoms with Crippen LogP contribution in [0.2, 0.25) is 0 Å². The minimum Gasteiger partial charge on any atom is -0.479 e. The number of carboxylic acids is 1. The molecule has 1 aromatic carbocycles. The van der Waals surface area contributed by atoms with Crippen LogP contribution >= 0.6 is 0 Å². The normalized spacial score (nSPS) is 11.7. The number of aliphatic hydroxyl groups is 1. The van der Waals surface area contributed by atoms with E-state index in [-0.39, 0.29) is 11.3 Å². The van der Waals surface area contributed by atoms with Gasteiger partial charge < -0.3 is 15.5 Å². The lowest BCUT2D eigenvalue weighted by molar-refractivity contribution is -0.385. The van der Waals surface area contributed by atoms with Crippen molar-refractivity contribution in [3.63, 3.8) is 0 Å². The maximum Gasteiger partial charge on any atom is 0.334 e. The zero-order chi connectivity index (χ0) is 14.6. The van der Waals surface area contributed by atoms with Gasteiger partial charge in [-0.15, -0.1) is 0 Å². The maximum atomic E-state index is 11.8. The summed E-state index contributed by atoms with van der Waals surface area (Å²) in [6, 6.07) is 4.14. The highest BCUT2D eigenvalue weighted by Gasteiger charge is 2.23. The Hall–Kier alpha value is -2.48. The van der Waals surface area contributed by atoms with E-state index in [0.29, 0.717) is 5.56 Å². The van der Waals surface area contributed by atoms with E-state index < -0.39 is 29.4 Å². The molecular weight excluding hydrogens is 256 g/mol. The molecule has 0 bridgehead atoms. The van der Waals surface area contributed by atoms with Crippen LogP contribution in [-0.4, -0.2) is 39.7 Å². The smallest absolute Gasteiger partial charge is 0.334 e. The van der Waals surface area contributed by atoms with Crippen LogP contribution in [0, 0.1) is 17.0 Å². The van der Waals surface area contributed by atoms with Gasteiger partial charge in [0.1, 0.15) is 5.56 Å². The number of carbonyl (C=O) groups excluding carboxylic acids is 1. The molecule has 1 aromatic rings. The molecule has 0 heterocycles. The van der Waals surface area contributed by atoms with Gasteiger partial charge in [0.05, 0.1) is 11.5 Å². The number of nitro benzene ring substituents is 1. The Balaban J connectivity index is 2.94. The molecule has 102 valence electrons. The number of nitrogens with one attached hydrogen (secondary N) is 1. The molecule has 8 heteroatoms. The number of nitrogens with zero attached hydrogens (tertiary/aromatic N) is 1. The summed E-state index contributed by atoms with van der Waals surface area (Å²) in [6.45, 7) is 0.995. The van der Waals surface area contributed by atoms with Gasteiger partial charge in [-0.3, -0.25) is 14.9 Å². The average Bonchev–Trinajstić information content (AvgIpc) is 2.34. The third-order valence-electron chi connectivity index (χ3n) is 2.42. The minimum absolute atomic E-state index is 0.148. The number of aryl methyl sites for hydroxylation is 1. The molecule has 19 heavy (non-hydrogen) atoms. The van der Waals surface area contributed by atoms with E-state index in [1.165, 1.54) is 25.1 Å². The number of aliphatic hydroxyl groups excluding tert-OH is 1. The first-order chi connectivity index (χ1) is 8.84. The molecule has 0 spiro atoms. The van der Waals surface area contributed by atoms with Crippen LogP contribution in [0.3, 0.4) is 0 Å². The summed E-state index contributed by atoms with van der Waals surface area (Å²) in [5.41, 5.74) is -0.135. The second-order valence-electron chi connectivity index (χ2n) is 3.79. The topological polar surface area (TPSA) is 130 Å². The molecule has 1 amide bonds. The zero-order valence-electron chi connectivity index (χ0n) is 9.99. The number of carboxylic acid groups (broad SMARTS) is 1. The highest BCUT2D eigenvalue weighted by atomic mass is 16.6. The molecule has 0 fully saturated rings. The first-order valence-electron chi connectivity index (χ1n) is 5.27. The zero-order valence-corrected chi connectivity index (χ0v) is 9.99. The quantitative estimate of drug-likeness (QED) is 0.512. The fourth-order valence-corrected chi connectivity index (χ4v) is 1.46. The van der Waals surface area contributed by atoms with Gasteiger partial charge in [-0.2, -0.15) is 0 Å². The number of hydrogen-bond acceptors (Lipinski definition) is 5. The Morgan fingerprint density at radius 3 is 2.63 bits per heavy atom. The molecule has 0 aliphatic heterocycles. The van der Waals surface area contributed by atoms with Gasteiger partial charge in [0.2, 0.25) is 0 Å². The number of hydrogen-bond donors (Lipinski definition) is 3. The predicted molar refractivity (Wildman–Crippen MR) is 63.8 cm³/mol. The largest absolute Gasteiger partial charge is 0.479 e. The van der Waals surface area contributed by atoms with Crippen molar-refractivity contribution in [3.05, 3.63) is 39.4 Å². The van der Waals surface area contributed by atoms with Crippen LogP contribution in [0.1, 0.15) is 15.9 Å². The van der Waals surface area contributed by atoms with Gasteiger partial charge in [-0.1, -0.05) is 12.1 Å². The van der Waals surface area contributed by atoms with E-state index in [4.69, 9.17) is 10.2 Å². The van der Waals surface area contributed by atoms with Crippen molar-refractivity contribution >= 4 is 17.6 Å². The summed E-state index contributed by atoms with van der Waals surface area (Å²) in [4.78, 5) is 32.3. The fraction of sp³-hybridized carbons (Fsp3) is 0.273. The van der Waals surface area contributed by atoms with Gasteiger partial charge in [-0.25, -0.2) is 4.79 Å². The molecule has 0 radical (unpaired) electrons. The summed E-state index contributed by atoms with van der Waals surface area (Å²) in [6.07, 6.45) is -1.76. The molecular formula is C11H12N2O6. The van der Waals surface area contributed by atoms with E-state index in [1.807, 2.05) is 0 Å². The number of carbonyl (C=O) groups is 2. The summed E-state index contributed by atoms with van der Waals surface area (Å²) >= 11 is 0. The van der Waals surface area contributed by atoms with Crippen LogP contribution in [0.5, 0.6) is 0 Å². The van der Waals surface area contributed by atoms with Gasteiger partial charge in [0.25, 0.3) is 11.6 Å². The third kappa shape index (κ3) is 3.49. The van der Waals surface area contributed by atoms with Crippen molar-refractivity contribution in [2.45, 2.75) is 13.0 Å². The second-order valence-corrected chi connectivity index (χ2v) is 3.79. The molecule has 1 atom stereocenters. The SMILES string of the molecule is Cc1cccc([N+](=O)[O-])c1C(=O)NCC(O)C(=O)O. The van der Waals surface area contributed by atoms with Crippen molar-refractivity contribution in [2.24, 2.45) is 0 Å². The van der Waals surface area contributed by atoms with Crippen molar-refractivity contribution in [1.82, 2.24) is 5.32 Å². The first kappa shape index (κ1) is 14.6. The van der Waals surface area contributed by atoms with Gasteiger partial charge in [0, 0.05) is 6.07 Å². The van der Waals surface area contributed by atoms with Crippen molar-refractivity contribution in [3.8, 4) is 0 Å². The number of amides is 1. The lowest BCUT2D eigenvalue weighted by Crippen LogP contribution is -2.37. The number of aliphatic carboxylic acids is 1. The Bertz CT molecular complexity index is 528. The van der Waals surface area contributed by atoms with E-state index >= 15 is 0 Å². The standard InChI is InChI=1S/C11H12N2O6/c1-6-3-2-4-7(13(18)19)9(6)10(15)12-5-8(14)11(16)17/h2-4,8,14H,5H2,1H3,(H,12,15)(H,16,17). The van der Waals surface area contributed by atoms with Crippen LogP contribution in [0.25, 0.3) is 0 Å². The molecule has 3 N–H and O–H groups in total. The Morgan fingerprint density at radius 1 is 1.47 bits per heavy atom. The van der Waals surface area contributed by atoms with Crippen molar-refractivity contribution in [1.29, 1.82) is 0 Å². The monoisotopic (exact) mass is 268 g/mol. The minimum atomic E-state index is -1.76. The Morgan fingerprint density at radius 2 is 2.11 bits per heavy atom. The molecule has 1 rings (SSSR count). The third-order valence-corrected chi connectivity index (χ3v) is 2.42. The van der Waals surface area contributed by atoms with E-state index in [1.54, 1.807) is 0 Å². The number of benzene rings is 1. The van der Waals surface area contributed by atoms with E-state index in [9.17, 15) is 19.7 Å². The summed E-state index contributed by atoms with van der Waals surface area (Å²) < 4.78 is 0. The summed E-state index contributed by atoms with van der Waals surface area (Å²) in [5, 5.41) is 30.4. The fourth-order valence-electron chi connectivity index (χ4n) is 1.46.